The average Bonchev–Trinajstić information content (AvgIpc) is 2.94. The van der Waals surface area contributed by atoms with Crippen molar-refractivity contribution in [2.45, 2.75) is 18.6 Å². The van der Waals surface area contributed by atoms with Crippen molar-refractivity contribution >= 4 is 16.6 Å². The van der Waals surface area contributed by atoms with Crippen LogP contribution in [0.15, 0.2) is 60.8 Å². The number of anilines is 1. The molecule has 0 saturated carbocycles. The van der Waals surface area contributed by atoms with E-state index < -0.39 is 11.6 Å². The van der Waals surface area contributed by atoms with Gasteiger partial charge in [0.1, 0.15) is 23.5 Å². The molecule has 2 unspecified atom stereocenters. The van der Waals surface area contributed by atoms with Crippen molar-refractivity contribution in [3.8, 4) is 34.1 Å². The Morgan fingerprint density at radius 2 is 1.85 bits per heavy atom. The first kappa shape index (κ1) is 26.5. The first-order valence-corrected chi connectivity index (χ1v) is 12.5. The molecule has 1 fully saturated rings. The number of halogens is 2. The topological polar surface area (TPSA) is 93.6 Å². The lowest BCUT2D eigenvalue weighted by Crippen LogP contribution is -2.51. The number of para-hydroxylation sites is 1. The molecule has 1 aliphatic heterocycles. The molecule has 5 rings (SSSR count). The van der Waals surface area contributed by atoms with Crippen LogP contribution < -0.4 is 15.4 Å². The lowest BCUT2D eigenvalue weighted by atomic mass is 9.94. The number of methoxy groups -OCH3 is 2. The number of piperidine rings is 1. The van der Waals surface area contributed by atoms with E-state index in [1.165, 1.54) is 19.2 Å². The standard InChI is InChI=1S/C30H28F2N4O3/c1-37-17-39-30-19(14-33)4-3-5-23(30)18-6-7-27-24(12-18)29(36-9-8-26(34)28(16-36)38-2)25(15-35-27)20-10-21(31)13-22(32)11-20/h3-7,10-13,15,26,28H,8-9,16-17,34H2,1-2H3. The largest absolute Gasteiger partial charge is 0.466 e. The second-order valence-electron chi connectivity index (χ2n) is 9.43. The third kappa shape index (κ3) is 5.27. The molecule has 2 heterocycles. The predicted molar refractivity (Wildman–Crippen MR) is 145 cm³/mol. The van der Waals surface area contributed by atoms with E-state index in [4.69, 9.17) is 19.9 Å². The molecule has 0 bridgehead atoms. The monoisotopic (exact) mass is 530 g/mol. The first-order valence-electron chi connectivity index (χ1n) is 12.5. The van der Waals surface area contributed by atoms with Gasteiger partial charge in [0, 0.05) is 62.1 Å². The molecule has 2 atom stereocenters. The normalized spacial score (nSPS) is 17.3. The molecule has 200 valence electrons. The Kier molecular flexibility index (Phi) is 7.70. The van der Waals surface area contributed by atoms with E-state index in [1.807, 2.05) is 24.3 Å². The molecule has 9 heteroatoms. The van der Waals surface area contributed by atoms with Gasteiger partial charge < -0.3 is 24.8 Å². The Balaban J connectivity index is 1.75. The van der Waals surface area contributed by atoms with Crippen LogP contribution in [-0.2, 0) is 9.47 Å². The number of ether oxygens (including phenoxy) is 3. The van der Waals surface area contributed by atoms with E-state index in [9.17, 15) is 14.0 Å². The van der Waals surface area contributed by atoms with Crippen molar-refractivity contribution in [1.82, 2.24) is 4.98 Å². The van der Waals surface area contributed by atoms with Crippen LogP contribution in [0.1, 0.15) is 12.0 Å². The quantitative estimate of drug-likeness (QED) is 0.326. The van der Waals surface area contributed by atoms with Gasteiger partial charge in [-0.15, -0.1) is 0 Å². The Hall–Kier alpha value is -4.10. The highest BCUT2D eigenvalue weighted by Gasteiger charge is 2.29. The molecular weight excluding hydrogens is 502 g/mol. The maximum Gasteiger partial charge on any atom is 0.188 e. The van der Waals surface area contributed by atoms with E-state index in [-0.39, 0.29) is 18.9 Å². The summed E-state index contributed by atoms with van der Waals surface area (Å²) in [7, 11) is 3.14. The molecule has 0 aliphatic carbocycles. The number of hydrogen-bond acceptors (Lipinski definition) is 7. The van der Waals surface area contributed by atoms with Crippen LogP contribution in [0.4, 0.5) is 14.5 Å². The second-order valence-corrected chi connectivity index (χ2v) is 9.43. The highest BCUT2D eigenvalue weighted by Crippen LogP contribution is 2.41. The van der Waals surface area contributed by atoms with Gasteiger partial charge in [0.2, 0.25) is 0 Å². The SMILES string of the molecule is COCOc1c(C#N)cccc1-c1ccc2ncc(-c3cc(F)cc(F)c3)c(N3CCC(N)C(OC)C3)c2c1. The summed E-state index contributed by atoms with van der Waals surface area (Å²) in [6, 6.07) is 16.6. The van der Waals surface area contributed by atoms with Crippen LogP contribution in [0.25, 0.3) is 33.2 Å². The van der Waals surface area contributed by atoms with Crippen LogP contribution in [0, 0.1) is 23.0 Å². The summed E-state index contributed by atoms with van der Waals surface area (Å²) in [5, 5.41) is 10.5. The molecule has 1 saturated heterocycles. The molecule has 1 aromatic heterocycles. The Morgan fingerprint density at radius 3 is 2.56 bits per heavy atom. The number of aromatic nitrogens is 1. The number of hydrogen-bond donors (Lipinski definition) is 1. The maximum atomic E-state index is 14.3. The van der Waals surface area contributed by atoms with E-state index in [0.29, 0.717) is 53.0 Å². The molecule has 2 N–H and O–H groups in total. The molecule has 0 radical (unpaired) electrons. The van der Waals surface area contributed by atoms with Gasteiger partial charge in [0.25, 0.3) is 0 Å². The number of nitriles is 1. The Morgan fingerprint density at radius 1 is 1.05 bits per heavy atom. The van der Waals surface area contributed by atoms with E-state index in [1.54, 1.807) is 25.4 Å². The fraction of sp³-hybridized carbons (Fsp3) is 0.267. The summed E-state index contributed by atoms with van der Waals surface area (Å²) >= 11 is 0. The van der Waals surface area contributed by atoms with Gasteiger partial charge >= 0.3 is 0 Å². The van der Waals surface area contributed by atoms with Crippen LogP contribution in [0.3, 0.4) is 0 Å². The van der Waals surface area contributed by atoms with E-state index in [2.05, 4.69) is 16.0 Å². The molecule has 3 aromatic carbocycles. The zero-order valence-corrected chi connectivity index (χ0v) is 21.7. The minimum absolute atomic E-state index is 0.0200. The van der Waals surface area contributed by atoms with E-state index >= 15 is 0 Å². The number of nitrogens with zero attached hydrogens (tertiary/aromatic N) is 3. The van der Waals surface area contributed by atoms with Crippen molar-refractivity contribution in [3.05, 3.63) is 78.0 Å². The van der Waals surface area contributed by atoms with Gasteiger partial charge in [-0.1, -0.05) is 18.2 Å². The zero-order chi connectivity index (χ0) is 27.5. The number of benzene rings is 3. The highest BCUT2D eigenvalue weighted by atomic mass is 19.1. The summed E-state index contributed by atoms with van der Waals surface area (Å²) in [5.74, 6) is -0.940. The van der Waals surface area contributed by atoms with Crippen LogP contribution in [0.2, 0.25) is 0 Å². The van der Waals surface area contributed by atoms with Gasteiger partial charge in [0.05, 0.1) is 22.9 Å². The van der Waals surface area contributed by atoms with Crippen molar-refractivity contribution < 1.29 is 23.0 Å². The van der Waals surface area contributed by atoms with Gasteiger partial charge in [0.15, 0.2) is 6.79 Å². The molecule has 1 aliphatic rings. The van der Waals surface area contributed by atoms with Crippen LogP contribution in [-0.4, -0.2) is 51.2 Å². The Bertz CT molecular complexity index is 1540. The Labute approximate surface area is 225 Å². The highest BCUT2D eigenvalue weighted by molar-refractivity contribution is 6.02. The first-order chi connectivity index (χ1) is 18.9. The van der Waals surface area contributed by atoms with Crippen LogP contribution >= 0.6 is 0 Å². The molecule has 0 amide bonds. The van der Waals surface area contributed by atoms with Crippen molar-refractivity contribution in [1.29, 1.82) is 5.26 Å². The summed E-state index contributed by atoms with van der Waals surface area (Å²) in [5.41, 5.74) is 10.6. The average molecular weight is 531 g/mol. The maximum absolute atomic E-state index is 14.3. The number of pyridine rings is 1. The molecule has 39 heavy (non-hydrogen) atoms. The summed E-state index contributed by atoms with van der Waals surface area (Å²) < 4.78 is 45.2. The van der Waals surface area contributed by atoms with Gasteiger partial charge in [-0.25, -0.2) is 8.78 Å². The van der Waals surface area contributed by atoms with Gasteiger partial charge in [-0.2, -0.15) is 5.26 Å². The van der Waals surface area contributed by atoms with Crippen LogP contribution in [0.5, 0.6) is 5.75 Å². The second kappa shape index (κ2) is 11.3. The molecule has 7 nitrogen and oxygen atoms in total. The van der Waals surface area contributed by atoms with E-state index in [0.717, 1.165) is 22.7 Å². The number of fused-ring (bicyclic) bond motifs is 1. The van der Waals surface area contributed by atoms with Crippen molar-refractivity contribution in [2.24, 2.45) is 5.73 Å². The third-order valence-electron chi connectivity index (χ3n) is 7.01. The smallest absolute Gasteiger partial charge is 0.188 e. The predicted octanol–water partition coefficient (Wildman–Crippen LogP) is 5.25. The summed E-state index contributed by atoms with van der Waals surface area (Å²) in [6.07, 6.45) is 2.10. The number of rotatable bonds is 7. The van der Waals surface area contributed by atoms with Gasteiger partial charge in [-0.05, 0) is 47.9 Å². The van der Waals surface area contributed by atoms with Crippen molar-refractivity contribution in [3.63, 3.8) is 0 Å². The zero-order valence-electron chi connectivity index (χ0n) is 21.7. The lowest BCUT2D eigenvalue weighted by molar-refractivity contribution is 0.0513. The minimum atomic E-state index is -0.673. The third-order valence-corrected chi connectivity index (χ3v) is 7.01. The fourth-order valence-corrected chi connectivity index (χ4v) is 5.12. The fourth-order valence-electron chi connectivity index (χ4n) is 5.12. The summed E-state index contributed by atoms with van der Waals surface area (Å²) in [6.45, 7) is 1.10. The van der Waals surface area contributed by atoms with Crippen molar-refractivity contribution in [2.75, 3.05) is 39.0 Å². The molecule has 4 aromatic rings. The summed E-state index contributed by atoms with van der Waals surface area (Å²) in [4.78, 5) is 6.77. The lowest BCUT2D eigenvalue weighted by Gasteiger charge is -2.38. The number of nitrogens with two attached hydrogens (primary N) is 1. The minimum Gasteiger partial charge on any atom is -0.466 e. The van der Waals surface area contributed by atoms with Gasteiger partial charge in [-0.3, -0.25) is 4.98 Å². The molecular formula is C30H28F2N4O3. The molecule has 0 spiro atoms.